The molecule has 0 spiro atoms. The zero-order chi connectivity index (χ0) is 21.9. The van der Waals surface area contributed by atoms with Crippen LogP contribution in [0.4, 0.5) is 14.5 Å². The van der Waals surface area contributed by atoms with Crippen LogP contribution in [0.3, 0.4) is 0 Å². The molecule has 1 atom stereocenters. The lowest BCUT2D eigenvalue weighted by atomic mass is 10.0. The number of hydrogen-bond donors (Lipinski definition) is 0. The highest BCUT2D eigenvalue weighted by Crippen LogP contribution is 2.31. The van der Waals surface area contributed by atoms with Crippen LogP contribution in [0, 0.1) is 11.6 Å². The van der Waals surface area contributed by atoms with Crippen LogP contribution in [0.25, 0.3) is 11.5 Å². The zero-order valence-electron chi connectivity index (χ0n) is 17.4. The molecule has 1 fully saturated rings. The van der Waals surface area contributed by atoms with Crippen LogP contribution in [0.2, 0.25) is 0 Å². The molecular weight excluding hydrogens is 410 g/mol. The Morgan fingerprint density at radius 2 is 1.34 bits per heavy atom. The molecule has 4 aromatic rings. The SMILES string of the molecule is Fc1ccc([C@@H](c2nnc(-c3ccccc3)o2)N2CCN(c3ccc(F)cc3)CC2)cc1. The fraction of sp³-hybridized carbons (Fsp3) is 0.200. The molecule has 5 rings (SSSR count). The molecule has 0 saturated carbocycles. The van der Waals surface area contributed by atoms with E-state index in [0.29, 0.717) is 11.8 Å². The second kappa shape index (κ2) is 8.88. The van der Waals surface area contributed by atoms with Crippen molar-refractivity contribution in [1.82, 2.24) is 15.1 Å². The fourth-order valence-electron chi connectivity index (χ4n) is 4.09. The van der Waals surface area contributed by atoms with Crippen LogP contribution in [0.1, 0.15) is 17.5 Å². The molecule has 1 aliphatic rings. The normalized spacial score (nSPS) is 15.6. The van der Waals surface area contributed by atoms with E-state index in [1.54, 1.807) is 24.3 Å². The molecular formula is C25H22F2N4O. The number of halogens is 2. The number of hydrogen-bond acceptors (Lipinski definition) is 5. The van der Waals surface area contributed by atoms with Crippen LogP contribution in [-0.4, -0.2) is 41.3 Å². The molecule has 1 saturated heterocycles. The van der Waals surface area contributed by atoms with E-state index in [-0.39, 0.29) is 17.7 Å². The van der Waals surface area contributed by atoms with Gasteiger partial charge in [0.25, 0.3) is 0 Å². The van der Waals surface area contributed by atoms with Crippen LogP contribution >= 0.6 is 0 Å². The molecule has 0 aliphatic carbocycles. The van der Waals surface area contributed by atoms with Gasteiger partial charge >= 0.3 is 0 Å². The Labute approximate surface area is 184 Å². The van der Waals surface area contributed by atoms with Gasteiger partial charge in [0.1, 0.15) is 17.7 Å². The van der Waals surface area contributed by atoms with E-state index in [0.717, 1.165) is 43.0 Å². The van der Waals surface area contributed by atoms with Gasteiger partial charge in [0.2, 0.25) is 11.8 Å². The van der Waals surface area contributed by atoms with Gasteiger partial charge in [0.05, 0.1) is 0 Å². The first-order chi connectivity index (χ1) is 15.7. The number of aromatic nitrogens is 2. The molecule has 3 aromatic carbocycles. The van der Waals surface area contributed by atoms with Gasteiger partial charge in [-0.3, -0.25) is 4.90 Å². The second-order valence-electron chi connectivity index (χ2n) is 7.76. The van der Waals surface area contributed by atoms with Crippen molar-refractivity contribution in [2.45, 2.75) is 6.04 Å². The number of benzene rings is 3. The third-order valence-electron chi connectivity index (χ3n) is 5.75. The molecule has 5 nitrogen and oxygen atoms in total. The summed E-state index contributed by atoms with van der Waals surface area (Å²) in [6.07, 6.45) is 0. The van der Waals surface area contributed by atoms with E-state index in [4.69, 9.17) is 4.42 Å². The summed E-state index contributed by atoms with van der Waals surface area (Å²) in [4.78, 5) is 4.48. The van der Waals surface area contributed by atoms with Gasteiger partial charge in [-0.1, -0.05) is 30.3 Å². The van der Waals surface area contributed by atoms with Gasteiger partial charge < -0.3 is 9.32 Å². The molecule has 0 N–H and O–H groups in total. The molecule has 1 aromatic heterocycles. The third kappa shape index (κ3) is 4.24. The van der Waals surface area contributed by atoms with Crippen LogP contribution in [0.15, 0.2) is 83.3 Å². The number of piperazine rings is 1. The van der Waals surface area contributed by atoms with E-state index in [2.05, 4.69) is 20.0 Å². The Morgan fingerprint density at radius 1 is 0.719 bits per heavy atom. The van der Waals surface area contributed by atoms with Gasteiger partial charge in [-0.2, -0.15) is 0 Å². The number of anilines is 1. The fourth-order valence-corrected chi connectivity index (χ4v) is 4.09. The predicted molar refractivity (Wildman–Crippen MR) is 118 cm³/mol. The maximum atomic E-state index is 13.6. The summed E-state index contributed by atoms with van der Waals surface area (Å²) in [5.41, 5.74) is 2.74. The minimum Gasteiger partial charge on any atom is -0.419 e. The molecule has 0 amide bonds. The first-order valence-electron chi connectivity index (χ1n) is 10.6. The summed E-state index contributed by atoms with van der Waals surface area (Å²) in [5, 5.41) is 8.60. The molecule has 0 radical (unpaired) electrons. The molecule has 162 valence electrons. The maximum Gasteiger partial charge on any atom is 0.247 e. The molecule has 0 unspecified atom stereocenters. The molecule has 0 bridgehead atoms. The van der Waals surface area contributed by atoms with Crippen molar-refractivity contribution in [3.8, 4) is 11.5 Å². The predicted octanol–water partition coefficient (Wildman–Crippen LogP) is 4.93. The molecule has 2 heterocycles. The van der Waals surface area contributed by atoms with Crippen molar-refractivity contribution < 1.29 is 13.2 Å². The average molecular weight is 432 g/mol. The first-order valence-corrected chi connectivity index (χ1v) is 10.6. The second-order valence-corrected chi connectivity index (χ2v) is 7.76. The summed E-state index contributed by atoms with van der Waals surface area (Å²) in [5.74, 6) is 0.404. The molecule has 32 heavy (non-hydrogen) atoms. The Kier molecular flexibility index (Phi) is 5.64. The smallest absolute Gasteiger partial charge is 0.247 e. The van der Waals surface area contributed by atoms with Crippen molar-refractivity contribution in [3.63, 3.8) is 0 Å². The average Bonchev–Trinajstić information content (AvgIpc) is 3.32. The van der Waals surface area contributed by atoms with Gasteiger partial charge in [-0.15, -0.1) is 10.2 Å². The standard InChI is InChI=1S/C25H22F2N4O/c26-20-8-6-18(7-9-20)23(25-29-28-24(32-25)19-4-2-1-3-5-19)31-16-14-30(15-17-31)22-12-10-21(27)11-13-22/h1-13,23H,14-17H2/t23-/m0/s1. The lowest BCUT2D eigenvalue weighted by Crippen LogP contribution is -2.48. The zero-order valence-corrected chi connectivity index (χ0v) is 17.4. The third-order valence-corrected chi connectivity index (χ3v) is 5.75. The van der Waals surface area contributed by atoms with Crippen LogP contribution in [0.5, 0.6) is 0 Å². The Balaban J connectivity index is 1.41. The van der Waals surface area contributed by atoms with Gasteiger partial charge in [0, 0.05) is 37.4 Å². The summed E-state index contributed by atoms with van der Waals surface area (Å²) < 4.78 is 32.9. The highest BCUT2D eigenvalue weighted by atomic mass is 19.1. The van der Waals surface area contributed by atoms with Crippen molar-refractivity contribution >= 4 is 5.69 Å². The summed E-state index contributed by atoms with van der Waals surface area (Å²) in [6.45, 7) is 3.01. The lowest BCUT2D eigenvalue weighted by Gasteiger charge is -2.39. The Hall–Kier alpha value is -3.58. The van der Waals surface area contributed by atoms with Crippen LogP contribution in [-0.2, 0) is 0 Å². The van der Waals surface area contributed by atoms with E-state index in [1.807, 2.05) is 30.3 Å². The molecule has 1 aliphatic heterocycles. The summed E-state index contributed by atoms with van der Waals surface area (Å²) in [6, 6.07) is 22.3. The van der Waals surface area contributed by atoms with E-state index in [1.165, 1.54) is 24.3 Å². The lowest BCUT2D eigenvalue weighted by molar-refractivity contribution is 0.188. The number of nitrogens with zero attached hydrogens (tertiary/aromatic N) is 4. The van der Waals surface area contributed by atoms with Gasteiger partial charge in [-0.25, -0.2) is 8.78 Å². The largest absolute Gasteiger partial charge is 0.419 e. The van der Waals surface area contributed by atoms with E-state index >= 15 is 0 Å². The van der Waals surface area contributed by atoms with Crippen molar-refractivity contribution in [2.75, 3.05) is 31.1 Å². The van der Waals surface area contributed by atoms with Gasteiger partial charge in [-0.05, 0) is 54.1 Å². The maximum absolute atomic E-state index is 13.6. The number of rotatable bonds is 5. The minimum atomic E-state index is -0.288. The highest BCUT2D eigenvalue weighted by molar-refractivity contribution is 5.52. The first kappa shape index (κ1) is 20.3. The monoisotopic (exact) mass is 432 g/mol. The summed E-state index contributed by atoms with van der Waals surface area (Å²) in [7, 11) is 0. The topological polar surface area (TPSA) is 45.4 Å². The molecule has 7 heteroatoms. The summed E-state index contributed by atoms with van der Waals surface area (Å²) >= 11 is 0. The quantitative estimate of drug-likeness (QED) is 0.448. The van der Waals surface area contributed by atoms with Crippen molar-refractivity contribution in [3.05, 3.63) is 102 Å². The Morgan fingerprint density at radius 3 is 2.00 bits per heavy atom. The van der Waals surface area contributed by atoms with E-state index < -0.39 is 0 Å². The van der Waals surface area contributed by atoms with Crippen LogP contribution < -0.4 is 4.90 Å². The van der Waals surface area contributed by atoms with Gasteiger partial charge in [0.15, 0.2) is 0 Å². The van der Waals surface area contributed by atoms with Crippen molar-refractivity contribution in [2.24, 2.45) is 0 Å². The van der Waals surface area contributed by atoms with Crippen molar-refractivity contribution in [1.29, 1.82) is 0 Å². The Bertz CT molecular complexity index is 1150. The minimum absolute atomic E-state index is 0.241. The van der Waals surface area contributed by atoms with E-state index in [9.17, 15) is 8.78 Å². The highest BCUT2D eigenvalue weighted by Gasteiger charge is 2.31.